The lowest BCUT2D eigenvalue weighted by atomic mass is 10.1. The Balaban J connectivity index is 2.75. The predicted octanol–water partition coefficient (Wildman–Crippen LogP) is 1.77. The van der Waals surface area contributed by atoms with Gasteiger partial charge in [-0.15, -0.1) is 0 Å². The highest BCUT2D eigenvalue weighted by Crippen LogP contribution is 2.10. The minimum Gasteiger partial charge on any atom is -0.335 e. The van der Waals surface area contributed by atoms with Crippen molar-refractivity contribution in [3.63, 3.8) is 0 Å². The molecule has 2 N–H and O–H groups in total. The van der Waals surface area contributed by atoms with Crippen molar-refractivity contribution in [3.05, 3.63) is 35.9 Å². The lowest BCUT2D eigenvalue weighted by Gasteiger charge is -2.28. The average Bonchev–Trinajstić information content (AvgIpc) is 2.35. The van der Waals surface area contributed by atoms with E-state index in [-0.39, 0.29) is 18.5 Å². The summed E-state index contributed by atoms with van der Waals surface area (Å²) in [6, 6.07) is 10.2. The van der Waals surface area contributed by atoms with Gasteiger partial charge in [0.25, 0.3) is 0 Å². The SMILES string of the molecule is CCC(C)N(Cc1ccccc1)C(=O)CN. The van der Waals surface area contributed by atoms with E-state index in [1.165, 1.54) is 0 Å². The van der Waals surface area contributed by atoms with Crippen molar-refractivity contribution in [2.45, 2.75) is 32.9 Å². The second-order valence-corrected chi connectivity index (χ2v) is 3.97. The monoisotopic (exact) mass is 220 g/mol. The van der Waals surface area contributed by atoms with E-state index in [0.717, 1.165) is 12.0 Å². The highest BCUT2D eigenvalue weighted by molar-refractivity contribution is 5.78. The summed E-state index contributed by atoms with van der Waals surface area (Å²) in [6.07, 6.45) is 0.943. The molecular formula is C13H20N2O. The molecule has 1 atom stereocenters. The summed E-state index contributed by atoms with van der Waals surface area (Å²) >= 11 is 0. The van der Waals surface area contributed by atoms with Crippen LogP contribution in [0.25, 0.3) is 0 Å². The van der Waals surface area contributed by atoms with E-state index in [0.29, 0.717) is 6.54 Å². The first-order chi connectivity index (χ1) is 7.69. The van der Waals surface area contributed by atoms with Gasteiger partial charge in [0.1, 0.15) is 0 Å². The summed E-state index contributed by atoms with van der Waals surface area (Å²) < 4.78 is 0. The van der Waals surface area contributed by atoms with Gasteiger partial charge in [-0.3, -0.25) is 4.79 Å². The molecule has 3 nitrogen and oxygen atoms in total. The molecule has 0 saturated carbocycles. The van der Waals surface area contributed by atoms with E-state index in [4.69, 9.17) is 5.73 Å². The maximum absolute atomic E-state index is 11.7. The van der Waals surface area contributed by atoms with E-state index >= 15 is 0 Å². The molecule has 0 aliphatic rings. The van der Waals surface area contributed by atoms with E-state index in [1.54, 1.807) is 0 Å². The van der Waals surface area contributed by atoms with Gasteiger partial charge in [0.15, 0.2) is 0 Å². The molecule has 3 heteroatoms. The maximum atomic E-state index is 11.7. The van der Waals surface area contributed by atoms with E-state index < -0.39 is 0 Å². The third-order valence-corrected chi connectivity index (χ3v) is 2.81. The molecule has 0 radical (unpaired) electrons. The van der Waals surface area contributed by atoms with Gasteiger partial charge in [-0.25, -0.2) is 0 Å². The van der Waals surface area contributed by atoms with Crippen LogP contribution in [0.15, 0.2) is 30.3 Å². The fraction of sp³-hybridized carbons (Fsp3) is 0.462. The smallest absolute Gasteiger partial charge is 0.236 e. The molecule has 1 rings (SSSR count). The Morgan fingerprint density at radius 3 is 2.50 bits per heavy atom. The molecule has 16 heavy (non-hydrogen) atoms. The molecule has 0 spiro atoms. The molecule has 0 saturated heterocycles. The van der Waals surface area contributed by atoms with Gasteiger partial charge in [-0.05, 0) is 18.9 Å². The molecule has 0 aliphatic heterocycles. The molecule has 0 fully saturated rings. The Labute approximate surface area is 97.2 Å². The Morgan fingerprint density at radius 2 is 2.00 bits per heavy atom. The van der Waals surface area contributed by atoms with Crippen LogP contribution < -0.4 is 5.73 Å². The topological polar surface area (TPSA) is 46.3 Å². The van der Waals surface area contributed by atoms with E-state index in [9.17, 15) is 4.79 Å². The van der Waals surface area contributed by atoms with Crippen LogP contribution in [0.1, 0.15) is 25.8 Å². The molecular weight excluding hydrogens is 200 g/mol. The molecule has 1 unspecified atom stereocenters. The Kier molecular flexibility index (Phi) is 4.99. The zero-order valence-corrected chi connectivity index (χ0v) is 10.0. The highest BCUT2D eigenvalue weighted by atomic mass is 16.2. The molecule has 0 heterocycles. The fourth-order valence-corrected chi connectivity index (χ4v) is 1.61. The largest absolute Gasteiger partial charge is 0.335 e. The molecule has 0 aromatic heterocycles. The molecule has 0 aliphatic carbocycles. The maximum Gasteiger partial charge on any atom is 0.236 e. The van der Waals surface area contributed by atoms with Crippen LogP contribution in [0, 0.1) is 0 Å². The average molecular weight is 220 g/mol. The number of benzene rings is 1. The van der Waals surface area contributed by atoms with Crippen molar-refractivity contribution < 1.29 is 4.79 Å². The summed E-state index contributed by atoms with van der Waals surface area (Å²) in [7, 11) is 0. The molecule has 0 bridgehead atoms. The van der Waals surface area contributed by atoms with Crippen LogP contribution in [0.5, 0.6) is 0 Å². The number of hydrogen-bond acceptors (Lipinski definition) is 2. The highest BCUT2D eigenvalue weighted by Gasteiger charge is 2.17. The van der Waals surface area contributed by atoms with Gasteiger partial charge in [0.2, 0.25) is 5.91 Å². The Bertz CT molecular complexity index is 324. The van der Waals surface area contributed by atoms with Crippen LogP contribution in [0.2, 0.25) is 0 Å². The normalized spacial score (nSPS) is 12.2. The lowest BCUT2D eigenvalue weighted by molar-refractivity contribution is -0.132. The van der Waals surface area contributed by atoms with Crippen molar-refractivity contribution in [1.82, 2.24) is 4.90 Å². The number of nitrogens with two attached hydrogens (primary N) is 1. The second-order valence-electron chi connectivity index (χ2n) is 3.97. The van der Waals surface area contributed by atoms with Crippen molar-refractivity contribution >= 4 is 5.91 Å². The van der Waals surface area contributed by atoms with Gasteiger partial charge in [0.05, 0.1) is 6.54 Å². The third-order valence-electron chi connectivity index (χ3n) is 2.81. The Morgan fingerprint density at radius 1 is 1.38 bits per heavy atom. The number of carbonyl (C=O) groups is 1. The first-order valence-corrected chi connectivity index (χ1v) is 5.72. The van der Waals surface area contributed by atoms with Crippen molar-refractivity contribution in [2.75, 3.05) is 6.54 Å². The van der Waals surface area contributed by atoms with Crippen molar-refractivity contribution in [3.8, 4) is 0 Å². The minimum absolute atomic E-state index is 0.0122. The summed E-state index contributed by atoms with van der Waals surface area (Å²) in [5.41, 5.74) is 6.57. The van der Waals surface area contributed by atoms with Crippen LogP contribution in [-0.4, -0.2) is 23.4 Å². The summed E-state index contributed by atoms with van der Waals surface area (Å²) in [5, 5.41) is 0. The molecule has 88 valence electrons. The molecule has 1 aromatic carbocycles. The van der Waals surface area contributed by atoms with Crippen LogP contribution >= 0.6 is 0 Å². The van der Waals surface area contributed by atoms with Crippen LogP contribution in [-0.2, 0) is 11.3 Å². The third kappa shape index (κ3) is 3.35. The van der Waals surface area contributed by atoms with Gasteiger partial charge in [0, 0.05) is 12.6 Å². The summed E-state index contributed by atoms with van der Waals surface area (Å²) in [6.45, 7) is 4.85. The quantitative estimate of drug-likeness (QED) is 0.822. The minimum atomic E-state index is 0.0122. The predicted molar refractivity (Wildman–Crippen MR) is 65.8 cm³/mol. The van der Waals surface area contributed by atoms with Crippen LogP contribution in [0.4, 0.5) is 0 Å². The first-order valence-electron chi connectivity index (χ1n) is 5.72. The number of rotatable bonds is 5. The molecule has 1 amide bonds. The lowest BCUT2D eigenvalue weighted by Crippen LogP contribution is -2.41. The summed E-state index contributed by atoms with van der Waals surface area (Å²) in [5.74, 6) is 0.0122. The van der Waals surface area contributed by atoms with E-state index in [1.807, 2.05) is 35.2 Å². The molecule has 1 aromatic rings. The number of carbonyl (C=O) groups excluding carboxylic acids is 1. The fourth-order valence-electron chi connectivity index (χ4n) is 1.61. The van der Waals surface area contributed by atoms with Gasteiger partial charge >= 0.3 is 0 Å². The van der Waals surface area contributed by atoms with Gasteiger partial charge in [-0.1, -0.05) is 37.3 Å². The first kappa shape index (κ1) is 12.7. The number of amides is 1. The zero-order chi connectivity index (χ0) is 12.0. The standard InChI is InChI=1S/C13H20N2O/c1-3-11(2)15(13(16)9-14)10-12-7-5-4-6-8-12/h4-8,11H,3,9-10,14H2,1-2H3. The summed E-state index contributed by atoms with van der Waals surface area (Å²) in [4.78, 5) is 13.6. The van der Waals surface area contributed by atoms with Crippen LogP contribution in [0.3, 0.4) is 0 Å². The number of hydrogen-bond donors (Lipinski definition) is 1. The Hall–Kier alpha value is -1.35. The van der Waals surface area contributed by atoms with Gasteiger partial charge < -0.3 is 10.6 Å². The van der Waals surface area contributed by atoms with Crippen molar-refractivity contribution in [2.24, 2.45) is 5.73 Å². The van der Waals surface area contributed by atoms with Gasteiger partial charge in [-0.2, -0.15) is 0 Å². The van der Waals surface area contributed by atoms with Crippen molar-refractivity contribution in [1.29, 1.82) is 0 Å². The number of nitrogens with zero attached hydrogens (tertiary/aromatic N) is 1. The second kappa shape index (κ2) is 6.28. The zero-order valence-electron chi connectivity index (χ0n) is 10.0. The van der Waals surface area contributed by atoms with E-state index in [2.05, 4.69) is 13.8 Å².